The average molecular weight is 312 g/mol. The van der Waals surface area contributed by atoms with E-state index in [4.69, 9.17) is 0 Å². The third kappa shape index (κ3) is 5.77. The second kappa shape index (κ2) is 7.92. The summed E-state index contributed by atoms with van der Waals surface area (Å²) in [5, 5.41) is 3.04. The van der Waals surface area contributed by atoms with E-state index in [9.17, 15) is 8.42 Å². The van der Waals surface area contributed by atoms with Crippen LogP contribution in [0.2, 0.25) is 0 Å². The van der Waals surface area contributed by atoms with Gasteiger partial charge in [-0.2, -0.15) is 0 Å². The zero-order chi connectivity index (χ0) is 16.0. The molecule has 0 aliphatic rings. The van der Waals surface area contributed by atoms with Crippen molar-refractivity contribution in [3.05, 3.63) is 29.3 Å². The maximum Gasteiger partial charge on any atom is 0.241 e. The predicted molar refractivity (Wildman–Crippen MR) is 87.8 cm³/mol. The van der Waals surface area contributed by atoms with E-state index in [1.807, 2.05) is 33.0 Å². The van der Waals surface area contributed by atoms with Crippen molar-refractivity contribution in [3.8, 4) is 0 Å². The second-order valence-electron chi connectivity index (χ2n) is 6.12. The minimum absolute atomic E-state index is 0.0512. The zero-order valence-corrected chi connectivity index (χ0v) is 14.5. The standard InChI is InChI=1S/C16H28N2O2S/c1-12(2)6-8-14(4)18-21(19,20)16-10-15(11-17-5)9-7-13(16)3/h7,9-10,12,14,17-18H,6,8,11H2,1-5H3. The molecule has 5 heteroatoms. The molecule has 1 aromatic carbocycles. The third-order valence-electron chi connectivity index (χ3n) is 3.46. The number of rotatable bonds is 8. The van der Waals surface area contributed by atoms with Crippen molar-refractivity contribution in [2.75, 3.05) is 7.05 Å². The fourth-order valence-electron chi connectivity index (χ4n) is 2.22. The molecule has 0 aliphatic heterocycles. The Morgan fingerprint density at radius 3 is 2.38 bits per heavy atom. The van der Waals surface area contributed by atoms with E-state index < -0.39 is 10.0 Å². The summed E-state index contributed by atoms with van der Waals surface area (Å²) in [6.45, 7) is 8.70. The smallest absolute Gasteiger partial charge is 0.241 e. The number of hydrogen-bond acceptors (Lipinski definition) is 3. The van der Waals surface area contributed by atoms with Crippen LogP contribution in [0.4, 0.5) is 0 Å². The van der Waals surface area contributed by atoms with Crippen molar-refractivity contribution < 1.29 is 8.42 Å². The summed E-state index contributed by atoms with van der Waals surface area (Å²) >= 11 is 0. The third-order valence-corrected chi connectivity index (χ3v) is 5.19. The summed E-state index contributed by atoms with van der Waals surface area (Å²) in [4.78, 5) is 0.381. The molecule has 4 nitrogen and oxygen atoms in total. The lowest BCUT2D eigenvalue weighted by molar-refractivity contribution is 0.485. The van der Waals surface area contributed by atoms with Crippen molar-refractivity contribution >= 4 is 10.0 Å². The van der Waals surface area contributed by atoms with Gasteiger partial charge in [0, 0.05) is 12.6 Å². The van der Waals surface area contributed by atoms with E-state index in [1.54, 1.807) is 6.07 Å². The molecule has 1 rings (SSSR count). The maximum absolute atomic E-state index is 12.5. The maximum atomic E-state index is 12.5. The molecule has 120 valence electrons. The van der Waals surface area contributed by atoms with Gasteiger partial charge in [0.25, 0.3) is 0 Å². The van der Waals surface area contributed by atoms with Crippen molar-refractivity contribution in [1.82, 2.24) is 10.0 Å². The van der Waals surface area contributed by atoms with Crippen LogP contribution in [0.1, 0.15) is 44.7 Å². The molecule has 1 aromatic rings. The van der Waals surface area contributed by atoms with Crippen LogP contribution in [-0.2, 0) is 16.6 Å². The van der Waals surface area contributed by atoms with Gasteiger partial charge in [-0.05, 0) is 56.8 Å². The van der Waals surface area contributed by atoms with E-state index in [0.717, 1.165) is 24.0 Å². The Hall–Kier alpha value is -0.910. The first-order chi connectivity index (χ1) is 9.76. The van der Waals surface area contributed by atoms with Gasteiger partial charge in [0.15, 0.2) is 0 Å². The van der Waals surface area contributed by atoms with Crippen LogP contribution in [0.25, 0.3) is 0 Å². The number of benzene rings is 1. The highest BCUT2D eigenvalue weighted by Gasteiger charge is 2.20. The topological polar surface area (TPSA) is 58.2 Å². The van der Waals surface area contributed by atoms with E-state index in [1.165, 1.54) is 0 Å². The first kappa shape index (κ1) is 18.1. The highest BCUT2D eigenvalue weighted by Crippen LogP contribution is 2.18. The minimum Gasteiger partial charge on any atom is -0.316 e. The molecule has 0 aliphatic carbocycles. The summed E-state index contributed by atoms with van der Waals surface area (Å²) < 4.78 is 27.9. The summed E-state index contributed by atoms with van der Waals surface area (Å²) in [6.07, 6.45) is 1.87. The van der Waals surface area contributed by atoms with Crippen LogP contribution in [0, 0.1) is 12.8 Å². The minimum atomic E-state index is -3.46. The van der Waals surface area contributed by atoms with Crippen molar-refractivity contribution in [2.45, 2.75) is 58.0 Å². The molecule has 0 saturated carbocycles. The number of aryl methyl sites for hydroxylation is 1. The van der Waals surface area contributed by atoms with Gasteiger partial charge in [-0.25, -0.2) is 13.1 Å². The fourth-order valence-corrected chi connectivity index (χ4v) is 3.79. The summed E-state index contributed by atoms with van der Waals surface area (Å²) in [7, 11) is -1.61. The van der Waals surface area contributed by atoms with Gasteiger partial charge in [0.1, 0.15) is 0 Å². The van der Waals surface area contributed by atoms with Crippen LogP contribution in [-0.4, -0.2) is 21.5 Å². The molecule has 0 spiro atoms. The molecule has 1 atom stereocenters. The Balaban J connectivity index is 2.89. The summed E-state index contributed by atoms with van der Waals surface area (Å²) in [5.74, 6) is 0.581. The largest absolute Gasteiger partial charge is 0.316 e. The van der Waals surface area contributed by atoms with Gasteiger partial charge in [0.05, 0.1) is 4.90 Å². The zero-order valence-electron chi connectivity index (χ0n) is 13.7. The van der Waals surface area contributed by atoms with Gasteiger partial charge in [-0.3, -0.25) is 0 Å². The lowest BCUT2D eigenvalue weighted by Gasteiger charge is -2.17. The molecule has 0 radical (unpaired) electrons. The Morgan fingerprint density at radius 2 is 1.81 bits per heavy atom. The lowest BCUT2D eigenvalue weighted by Crippen LogP contribution is -2.33. The van der Waals surface area contributed by atoms with E-state index in [-0.39, 0.29) is 6.04 Å². The molecule has 1 unspecified atom stereocenters. The van der Waals surface area contributed by atoms with Crippen molar-refractivity contribution in [3.63, 3.8) is 0 Å². The molecular formula is C16H28N2O2S. The first-order valence-electron chi connectivity index (χ1n) is 7.52. The quantitative estimate of drug-likeness (QED) is 0.776. The molecule has 2 N–H and O–H groups in total. The van der Waals surface area contributed by atoms with Gasteiger partial charge in [-0.1, -0.05) is 26.0 Å². The van der Waals surface area contributed by atoms with E-state index in [2.05, 4.69) is 23.9 Å². The van der Waals surface area contributed by atoms with E-state index in [0.29, 0.717) is 17.4 Å². The molecule has 0 aromatic heterocycles. The van der Waals surface area contributed by atoms with E-state index >= 15 is 0 Å². The monoisotopic (exact) mass is 312 g/mol. The molecule has 21 heavy (non-hydrogen) atoms. The highest BCUT2D eigenvalue weighted by atomic mass is 32.2. The Morgan fingerprint density at radius 1 is 1.14 bits per heavy atom. The fraction of sp³-hybridized carbons (Fsp3) is 0.625. The van der Waals surface area contributed by atoms with Crippen LogP contribution < -0.4 is 10.0 Å². The molecular weight excluding hydrogens is 284 g/mol. The van der Waals surface area contributed by atoms with Gasteiger partial charge < -0.3 is 5.32 Å². The average Bonchev–Trinajstić information content (AvgIpc) is 2.38. The molecule has 0 saturated heterocycles. The SMILES string of the molecule is CNCc1ccc(C)c(S(=O)(=O)NC(C)CCC(C)C)c1. The van der Waals surface area contributed by atoms with Crippen LogP contribution in [0.5, 0.6) is 0 Å². The predicted octanol–water partition coefficient (Wildman–Crippen LogP) is 2.82. The molecule has 0 amide bonds. The summed E-state index contributed by atoms with van der Waals surface area (Å²) in [5.41, 5.74) is 1.75. The highest BCUT2D eigenvalue weighted by molar-refractivity contribution is 7.89. The molecule has 0 fully saturated rings. The molecule has 0 heterocycles. The number of sulfonamides is 1. The summed E-state index contributed by atoms with van der Waals surface area (Å²) in [6, 6.07) is 5.51. The first-order valence-corrected chi connectivity index (χ1v) is 9.01. The Bertz CT molecular complexity index is 553. The van der Waals surface area contributed by atoms with Crippen LogP contribution in [0.15, 0.2) is 23.1 Å². The second-order valence-corrected chi connectivity index (χ2v) is 7.81. The van der Waals surface area contributed by atoms with Crippen molar-refractivity contribution in [1.29, 1.82) is 0 Å². The molecule has 0 bridgehead atoms. The Labute approximate surface area is 129 Å². The van der Waals surface area contributed by atoms with Crippen LogP contribution in [0.3, 0.4) is 0 Å². The van der Waals surface area contributed by atoms with Crippen LogP contribution >= 0.6 is 0 Å². The van der Waals surface area contributed by atoms with Gasteiger partial charge >= 0.3 is 0 Å². The Kier molecular flexibility index (Phi) is 6.84. The lowest BCUT2D eigenvalue weighted by atomic mass is 10.1. The number of hydrogen-bond donors (Lipinski definition) is 2. The van der Waals surface area contributed by atoms with Gasteiger partial charge in [-0.15, -0.1) is 0 Å². The van der Waals surface area contributed by atoms with Gasteiger partial charge in [0.2, 0.25) is 10.0 Å². The van der Waals surface area contributed by atoms with Crippen molar-refractivity contribution in [2.24, 2.45) is 5.92 Å². The number of nitrogens with one attached hydrogen (secondary N) is 2. The normalized spacial score (nSPS) is 13.6.